The van der Waals surface area contributed by atoms with Crippen molar-refractivity contribution < 1.29 is 24.1 Å². The molecular weight excluding hydrogens is 492 g/mol. The molecule has 0 bridgehead atoms. The van der Waals surface area contributed by atoms with E-state index in [4.69, 9.17) is 25.8 Å². The molecule has 182 valence electrons. The summed E-state index contributed by atoms with van der Waals surface area (Å²) in [7, 11) is 2.78. The molecule has 0 saturated carbocycles. The standard InChI is InChI=1S/C25H23ClN2O6S/c1-5-34-19-10-14(6-8-17(19)29)11-20-23(30)28-22(16-12-15(26)7-9-18(16)32-3)21(24(31)33-4)13(2)27-25(28)35-20/h6-12,22,29H,5H2,1-4H3/b20-11-/t22-/m0/s1. The van der Waals surface area contributed by atoms with Gasteiger partial charge in [-0.1, -0.05) is 29.0 Å². The summed E-state index contributed by atoms with van der Waals surface area (Å²) in [5, 5.41) is 10.4. The third-order valence-corrected chi connectivity index (χ3v) is 6.71. The number of carbonyl (C=O) groups excluding carboxylic acids is 1. The van der Waals surface area contributed by atoms with Gasteiger partial charge in [-0.15, -0.1) is 0 Å². The molecule has 3 aromatic rings. The van der Waals surface area contributed by atoms with Crippen molar-refractivity contribution in [1.29, 1.82) is 0 Å². The van der Waals surface area contributed by atoms with E-state index in [0.29, 0.717) is 49.3 Å². The second-order valence-electron chi connectivity index (χ2n) is 7.62. The van der Waals surface area contributed by atoms with Gasteiger partial charge in [0, 0.05) is 10.6 Å². The molecule has 0 spiro atoms. The van der Waals surface area contributed by atoms with E-state index < -0.39 is 12.0 Å². The van der Waals surface area contributed by atoms with Gasteiger partial charge in [-0.2, -0.15) is 0 Å². The van der Waals surface area contributed by atoms with E-state index in [1.165, 1.54) is 36.2 Å². The lowest BCUT2D eigenvalue weighted by Gasteiger charge is -2.25. The molecule has 2 aromatic carbocycles. The van der Waals surface area contributed by atoms with E-state index in [0.717, 1.165) is 0 Å². The molecule has 4 rings (SSSR count). The normalized spacial score (nSPS) is 15.5. The molecule has 8 nitrogen and oxygen atoms in total. The number of thiazole rings is 1. The Morgan fingerprint density at radius 3 is 2.69 bits per heavy atom. The molecule has 0 radical (unpaired) electrons. The lowest BCUT2D eigenvalue weighted by atomic mass is 9.95. The van der Waals surface area contributed by atoms with Gasteiger partial charge in [0.25, 0.3) is 5.56 Å². The SMILES string of the molecule is CCOc1cc(/C=c2\sc3n(c2=O)[C@@H](c2cc(Cl)ccc2OC)C(C(=O)OC)=C(C)N=3)ccc1O. The average Bonchev–Trinajstić information content (AvgIpc) is 3.14. The molecule has 1 aliphatic heterocycles. The van der Waals surface area contributed by atoms with Crippen LogP contribution in [-0.4, -0.2) is 36.5 Å². The molecule has 0 saturated heterocycles. The van der Waals surface area contributed by atoms with E-state index in [9.17, 15) is 14.7 Å². The highest BCUT2D eigenvalue weighted by molar-refractivity contribution is 7.07. The van der Waals surface area contributed by atoms with Gasteiger partial charge >= 0.3 is 5.97 Å². The van der Waals surface area contributed by atoms with Crippen LogP contribution < -0.4 is 24.4 Å². The van der Waals surface area contributed by atoms with E-state index in [1.54, 1.807) is 43.3 Å². The largest absolute Gasteiger partial charge is 0.504 e. The van der Waals surface area contributed by atoms with Crippen molar-refractivity contribution in [3.05, 3.63) is 83.5 Å². The van der Waals surface area contributed by atoms with Gasteiger partial charge in [-0.05, 0) is 55.8 Å². The highest BCUT2D eigenvalue weighted by Gasteiger charge is 2.35. The third kappa shape index (κ3) is 4.56. The Bertz CT molecular complexity index is 1520. The number of fused-ring (bicyclic) bond motifs is 1. The van der Waals surface area contributed by atoms with Gasteiger partial charge < -0.3 is 19.3 Å². The predicted octanol–water partition coefficient (Wildman–Crippen LogP) is 3.17. The number of aromatic nitrogens is 1. The zero-order valence-corrected chi connectivity index (χ0v) is 21.1. The number of rotatable bonds is 6. The Morgan fingerprint density at radius 2 is 2.00 bits per heavy atom. The molecule has 1 N–H and O–H groups in total. The van der Waals surface area contributed by atoms with Crippen molar-refractivity contribution in [2.24, 2.45) is 4.99 Å². The maximum absolute atomic E-state index is 13.7. The number of ether oxygens (including phenoxy) is 3. The lowest BCUT2D eigenvalue weighted by Crippen LogP contribution is -2.40. The number of hydrogen-bond acceptors (Lipinski definition) is 8. The molecule has 1 aromatic heterocycles. The minimum atomic E-state index is -0.853. The number of halogens is 1. The van der Waals surface area contributed by atoms with Gasteiger partial charge in [-0.25, -0.2) is 9.79 Å². The van der Waals surface area contributed by atoms with Crippen molar-refractivity contribution in [3.8, 4) is 17.2 Å². The topological polar surface area (TPSA) is 99.4 Å². The molecule has 0 aliphatic carbocycles. The van der Waals surface area contributed by atoms with Crippen LogP contribution in [0.4, 0.5) is 0 Å². The maximum atomic E-state index is 13.7. The van der Waals surface area contributed by atoms with Crippen molar-refractivity contribution in [1.82, 2.24) is 4.57 Å². The predicted molar refractivity (Wildman–Crippen MR) is 133 cm³/mol. The number of nitrogens with zero attached hydrogens (tertiary/aromatic N) is 2. The van der Waals surface area contributed by atoms with Crippen LogP contribution in [0.1, 0.15) is 31.0 Å². The van der Waals surface area contributed by atoms with Crippen LogP contribution >= 0.6 is 22.9 Å². The number of esters is 1. The first-order valence-electron chi connectivity index (χ1n) is 10.7. The molecule has 1 atom stereocenters. The van der Waals surface area contributed by atoms with E-state index in [1.807, 2.05) is 6.92 Å². The second kappa shape index (κ2) is 9.97. The monoisotopic (exact) mass is 514 g/mol. The zero-order chi connectivity index (χ0) is 25.3. The molecule has 1 aliphatic rings. The molecule has 0 unspecified atom stereocenters. The highest BCUT2D eigenvalue weighted by atomic mass is 35.5. The highest BCUT2D eigenvalue weighted by Crippen LogP contribution is 2.37. The first kappa shape index (κ1) is 24.6. The summed E-state index contributed by atoms with van der Waals surface area (Å²) in [6.07, 6.45) is 1.69. The lowest BCUT2D eigenvalue weighted by molar-refractivity contribution is -0.136. The summed E-state index contributed by atoms with van der Waals surface area (Å²) >= 11 is 7.47. The Morgan fingerprint density at radius 1 is 1.23 bits per heavy atom. The summed E-state index contributed by atoms with van der Waals surface area (Å²) in [6, 6.07) is 9.00. The minimum Gasteiger partial charge on any atom is -0.504 e. The molecular formula is C25H23ClN2O6S. The molecule has 0 fully saturated rings. The Hall–Kier alpha value is -3.56. The number of aromatic hydroxyl groups is 1. The number of hydrogen-bond donors (Lipinski definition) is 1. The van der Waals surface area contributed by atoms with Crippen LogP contribution in [0.5, 0.6) is 17.2 Å². The van der Waals surface area contributed by atoms with Crippen molar-refractivity contribution in [2.45, 2.75) is 19.9 Å². The molecule has 2 heterocycles. The third-order valence-electron chi connectivity index (χ3n) is 5.49. The maximum Gasteiger partial charge on any atom is 0.338 e. The fourth-order valence-corrected chi connectivity index (χ4v) is 5.18. The summed E-state index contributed by atoms with van der Waals surface area (Å²) in [6.45, 7) is 3.90. The van der Waals surface area contributed by atoms with Crippen LogP contribution in [-0.2, 0) is 9.53 Å². The second-order valence-corrected chi connectivity index (χ2v) is 9.07. The number of allylic oxidation sites excluding steroid dienone is 1. The summed E-state index contributed by atoms with van der Waals surface area (Å²) in [5.41, 5.74) is 1.50. The fourth-order valence-electron chi connectivity index (χ4n) is 3.95. The average molecular weight is 515 g/mol. The van der Waals surface area contributed by atoms with Crippen molar-refractivity contribution in [2.75, 3.05) is 20.8 Å². The van der Waals surface area contributed by atoms with Crippen LogP contribution in [0.25, 0.3) is 6.08 Å². The summed E-state index contributed by atoms with van der Waals surface area (Å²) in [4.78, 5) is 31.5. The smallest absolute Gasteiger partial charge is 0.338 e. The summed E-state index contributed by atoms with van der Waals surface area (Å²) < 4.78 is 17.9. The summed E-state index contributed by atoms with van der Waals surface area (Å²) in [5.74, 6) is 0.189. The number of carbonyl (C=O) groups is 1. The van der Waals surface area contributed by atoms with Gasteiger partial charge in [0.1, 0.15) is 11.8 Å². The van der Waals surface area contributed by atoms with E-state index in [-0.39, 0.29) is 16.9 Å². The Kier molecular flexibility index (Phi) is 7.00. The zero-order valence-electron chi connectivity index (χ0n) is 19.5. The molecule has 10 heteroatoms. The first-order valence-corrected chi connectivity index (χ1v) is 11.9. The van der Waals surface area contributed by atoms with Gasteiger partial charge in [0.05, 0.1) is 36.6 Å². The van der Waals surface area contributed by atoms with Crippen LogP contribution in [0.3, 0.4) is 0 Å². The minimum absolute atomic E-state index is 0.0110. The molecule has 0 amide bonds. The van der Waals surface area contributed by atoms with Crippen LogP contribution in [0.15, 0.2) is 57.5 Å². The van der Waals surface area contributed by atoms with Gasteiger partial charge in [0.2, 0.25) is 0 Å². The van der Waals surface area contributed by atoms with E-state index in [2.05, 4.69) is 4.99 Å². The number of methoxy groups -OCH3 is 2. The van der Waals surface area contributed by atoms with Gasteiger partial charge in [-0.3, -0.25) is 9.36 Å². The molecule has 35 heavy (non-hydrogen) atoms. The van der Waals surface area contributed by atoms with Crippen molar-refractivity contribution >= 4 is 35.0 Å². The number of phenols is 1. The number of benzene rings is 2. The Balaban J connectivity index is 1.98. The Labute approximate surface area is 210 Å². The van der Waals surface area contributed by atoms with E-state index >= 15 is 0 Å². The van der Waals surface area contributed by atoms with Gasteiger partial charge in [0.15, 0.2) is 16.3 Å². The fraction of sp³-hybridized carbons (Fsp3) is 0.240. The number of phenolic OH excluding ortho intramolecular Hbond substituents is 1. The van der Waals surface area contributed by atoms with Crippen LogP contribution in [0, 0.1) is 0 Å². The van der Waals surface area contributed by atoms with Crippen LogP contribution in [0.2, 0.25) is 5.02 Å². The van der Waals surface area contributed by atoms with Crippen molar-refractivity contribution in [3.63, 3.8) is 0 Å². The first-order chi connectivity index (χ1) is 16.8. The quantitative estimate of drug-likeness (QED) is 0.507.